The molecule has 0 aliphatic carbocycles. The van der Waals surface area contributed by atoms with Gasteiger partial charge >= 0.3 is 0 Å². The molecule has 0 aromatic carbocycles. The summed E-state index contributed by atoms with van der Waals surface area (Å²) in [6.07, 6.45) is 4.22. The lowest BCUT2D eigenvalue weighted by atomic mass is 10.3. The zero-order valence-corrected chi connectivity index (χ0v) is 12.8. The summed E-state index contributed by atoms with van der Waals surface area (Å²) in [5.74, 6) is 0. The summed E-state index contributed by atoms with van der Waals surface area (Å²) in [5, 5.41) is 5.77. The maximum atomic E-state index is 12.0. The highest BCUT2D eigenvalue weighted by Gasteiger charge is 2.18. The van der Waals surface area contributed by atoms with Crippen molar-refractivity contribution < 1.29 is 8.42 Å². The van der Waals surface area contributed by atoms with Crippen LogP contribution in [0.4, 0.5) is 0 Å². The lowest BCUT2D eigenvalue weighted by molar-refractivity contribution is 0.583. The molecule has 98 valence electrons. The number of aryl methyl sites for hydroxylation is 1. The van der Waals surface area contributed by atoms with E-state index in [1.807, 2.05) is 13.2 Å². The Hall–Kier alpha value is -0.700. The first-order chi connectivity index (χ1) is 8.49. The molecule has 0 saturated carbocycles. The van der Waals surface area contributed by atoms with Crippen LogP contribution in [0.1, 0.15) is 5.56 Å². The molecule has 0 radical (unpaired) electrons. The van der Waals surface area contributed by atoms with Gasteiger partial charge in [-0.25, -0.2) is 13.1 Å². The first-order valence-electron chi connectivity index (χ1n) is 5.19. The average Bonchev–Trinajstić information content (AvgIpc) is 2.87. The molecule has 2 heterocycles. The Labute approximate surface area is 118 Å². The molecule has 0 atom stereocenters. The lowest BCUT2D eigenvalue weighted by Gasteiger charge is -2.04. The molecule has 0 amide bonds. The number of hydrogen-bond donors (Lipinski definition) is 1. The van der Waals surface area contributed by atoms with Crippen molar-refractivity contribution in [2.45, 2.75) is 10.6 Å². The van der Waals surface area contributed by atoms with Crippen molar-refractivity contribution in [3.05, 3.63) is 33.9 Å². The van der Waals surface area contributed by atoms with Gasteiger partial charge in [0.15, 0.2) is 0 Å². The third-order valence-corrected chi connectivity index (χ3v) is 6.42. The molecule has 0 spiro atoms. The van der Waals surface area contributed by atoms with Crippen LogP contribution in [0.15, 0.2) is 32.5 Å². The van der Waals surface area contributed by atoms with Crippen LogP contribution in [0, 0.1) is 0 Å². The predicted molar refractivity (Wildman–Crippen MR) is 74.1 cm³/mol. The third-order valence-electron chi connectivity index (χ3n) is 2.29. The van der Waals surface area contributed by atoms with Crippen molar-refractivity contribution >= 4 is 37.3 Å². The number of halogens is 1. The largest absolute Gasteiger partial charge is 0.276 e. The molecular formula is C10H12BrN3O2S2. The molecule has 2 aromatic rings. The van der Waals surface area contributed by atoms with E-state index in [0.717, 1.165) is 5.56 Å². The van der Waals surface area contributed by atoms with Crippen LogP contribution in [0.5, 0.6) is 0 Å². The van der Waals surface area contributed by atoms with Crippen molar-refractivity contribution in [1.82, 2.24) is 14.5 Å². The fourth-order valence-corrected chi connectivity index (χ4v) is 4.88. The van der Waals surface area contributed by atoms with Crippen molar-refractivity contribution in [3.63, 3.8) is 0 Å². The number of thiophene rings is 1. The Morgan fingerprint density at radius 1 is 1.56 bits per heavy atom. The normalized spacial score (nSPS) is 11.9. The van der Waals surface area contributed by atoms with Gasteiger partial charge in [0, 0.05) is 24.3 Å². The smallest absolute Gasteiger partial charge is 0.251 e. The Balaban J connectivity index is 1.96. The number of aromatic nitrogens is 2. The van der Waals surface area contributed by atoms with Gasteiger partial charge in [-0.1, -0.05) is 0 Å². The molecule has 0 fully saturated rings. The maximum absolute atomic E-state index is 12.0. The molecule has 0 aliphatic heterocycles. The van der Waals surface area contributed by atoms with E-state index in [-0.39, 0.29) is 0 Å². The molecule has 2 rings (SSSR count). The van der Waals surface area contributed by atoms with Crippen LogP contribution in [-0.4, -0.2) is 24.7 Å². The van der Waals surface area contributed by atoms with Crippen LogP contribution in [0.3, 0.4) is 0 Å². The van der Waals surface area contributed by atoms with E-state index in [2.05, 4.69) is 25.8 Å². The Bertz CT molecular complexity index is 633. The molecule has 0 unspecified atom stereocenters. The standard InChI is InChI=1S/C10H12BrN3O2S2/c1-14-7-8(6-12-14)2-4-13-18(15,16)10-9(11)3-5-17-10/h3,5-7,13H,2,4H2,1H3. The van der Waals surface area contributed by atoms with E-state index in [1.165, 1.54) is 11.3 Å². The van der Waals surface area contributed by atoms with E-state index in [4.69, 9.17) is 0 Å². The van der Waals surface area contributed by atoms with E-state index < -0.39 is 10.0 Å². The second-order valence-electron chi connectivity index (χ2n) is 3.73. The van der Waals surface area contributed by atoms with Gasteiger partial charge in [-0.2, -0.15) is 5.10 Å². The summed E-state index contributed by atoms with van der Waals surface area (Å²) in [7, 11) is -1.59. The van der Waals surface area contributed by atoms with Crippen LogP contribution in [0.2, 0.25) is 0 Å². The summed E-state index contributed by atoms with van der Waals surface area (Å²) in [6, 6.07) is 1.72. The summed E-state index contributed by atoms with van der Waals surface area (Å²) < 4.78 is 29.1. The quantitative estimate of drug-likeness (QED) is 0.894. The minimum Gasteiger partial charge on any atom is -0.276 e. The van der Waals surface area contributed by atoms with Crippen molar-refractivity contribution in [2.24, 2.45) is 7.05 Å². The first kappa shape index (κ1) is 13.7. The molecule has 0 aliphatic rings. The average molecular weight is 350 g/mol. The topological polar surface area (TPSA) is 64.0 Å². The highest BCUT2D eigenvalue weighted by molar-refractivity contribution is 9.10. The lowest BCUT2D eigenvalue weighted by Crippen LogP contribution is -2.25. The van der Waals surface area contributed by atoms with E-state index in [1.54, 1.807) is 22.3 Å². The monoisotopic (exact) mass is 349 g/mol. The minimum absolute atomic E-state index is 0.314. The van der Waals surface area contributed by atoms with Gasteiger partial charge in [0.1, 0.15) is 4.21 Å². The number of sulfonamides is 1. The second-order valence-corrected chi connectivity index (χ2v) is 7.46. The van der Waals surface area contributed by atoms with E-state index in [9.17, 15) is 8.42 Å². The maximum Gasteiger partial charge on any atom is 0.251 e. The number of rotatable bonds is 5. The molecule has 8 heteroatoms. The summed E-state index contributed by atoms with van der Waals surface area (Å²) >= 11 is 4.41. The predicted octanol–water partition coefficient (Wildman–Crippen LogP) is 1.77. The van der Waals surface area contributed by atoms with E-state index in [0.29, 0.717) is 21.6 Å². The molecule has 1 N–H and O–H groups in total. The van der Waals surface area contributed by atoms with Gasteiger partial charge in [0.05, 0.1) is 6.20 Å². The zero-order chi connectivity index (χ0) is 13.2. The van der Waals surface area contributed by atoms with Gasteiger partial charge in [-0.15, -0.1) is 11.3 Å². The van der Waals surface area contributed by atoms with Crippen LogP contribution in [-0.2, 0) is 23.5 Å². The summed E-state index contributed by atoms with van der Waals surface area (Å²) in [4.78, 5) is 0. The Morgan fingerprint density at radius 3 is 2.89 bits per heavy atom. The molecule has 5 nitrogen and oxygen atoms in total. The van der Waals surface area contributed by atoms with Gasteiger partial charge in [0.25, 0.3) is 10.0 Å². The first-order valence-corrected chi connectivity index (χ1v) is 8.35. The van der Waals surface area contributed by atoms with Crippen LogP contribution >= 0.6 is 27.3 Å². The number of nitrogens with zero attached hydrogens (tertiary/aromatic N) is 2. The molecule has 18 heavy (non-hydrogen) atoms. The van der Waals surface area contributed by atoms with Crippen molar-refractivity contribution in [2.75, 3.05) is 6.54 Å². The fourth-order valence-electron chi connectivity index (χ4n) is 1.47. The fraction of sp³-hybridized carbons (Fsp3) is 0.300. The van der Waals surface area contributed by atoms with Crippen LogP contribution < -0.4 is 4.72 Å². The van der Waals surface area contributed by atoms with Crippen molar-refractivity contribution in [3.8, 4) is 0 Å². The summed E-state index contributed by atoms with van der Waals surface area (Å²) in [5.41, 5.74) is 1.01. The third kappa shape index (κ3) is 3.19. The summed E-state index contributed by atoms with van der Waals surface area (Å²) in [6.45, 7) is 0.359. The van der Waals surface area contributed by atoms with Gasteiger partial charge in [-0.3, -0.25) is 4.68 Å². The molecule has 2 aromatic heterocycles. The number of nitrogens with one attached hydrogen (secondary N) is 1. The molecule has 0 saturated heterocycles. The van der Waals surface area contributed by atoms with E-state index >= 15 is 0 Å². The second kappa shape index (κ2) is 5.52. The Kier molecular flexibility index (Phi) is 4.21. The molecule has 0 bridgehead atoms. The Morgan fingerprint density at radius 2 is 2.33 bits per heavy atom. The number of hydrogen-bond acceptors (Lipinski definition) is 4. The zero-order valence-electron chi connectivity index (χ0n) is 9.63. The van der Waals surface area contributed by atoms with Gasteiger partial charge in [0.2, 0.25) is 0 Å². The van der Waals surface area contributed by atoms with Gasteiger partial charge in [-0.05, 0) is 39.4 Å². The van der Waals surface area contributed by atoms with Crippen molar-refractivity contribution in [1.29, 1.82) is 0 Å². The molecular weight excluding hydrogens is 338 g/mol. The highest BCUT2D eigenvalue weighted by Crippen LogP contribution is 2.27. The highest BCUT2D eigenvalue weighted by atomic mass is 79.9. The van der Waals surface area contributed by atoms with Crippen LogP contribution in [0.25, 0.3) is 0 Å². The van der Waals surface area contributed by atoms with Gasteiger partial charge < -0.3 is 0 Å². The SMILES string of the molecule is Cn1cc(CCNS(=O)(=O)c2sccc2Br)cn1. The minimum atomic E-state index is -3.42.